The average molecular weight is 655 g/mol. The number of cyclic esters (lactones) is 1. The number of carbonyl (C=O) groups excluding carboxylic acids is 3. The van der Waals surface area contributed by atoms with E-state index in [1.807, 2.05) is 0 Å². The summed E-state index contributed by atoms with van der Waals surface area (Å²) in [5, 5.41) is 29.8. The Kier molecular flexibility index (Phi) is 8.29. The van der Waals surface area contributed by atoms with Crippen molar-refractivity contribution in [3.8, 4) is 28.7 Å². The number of phenols is 1. The van der Waals surface area contributed by atoms with Crippen molar-refractivity contribution in [2.75, 3.05) is 34.2 Å². The summed E-state index contributed by atoms with van der Waals surface area (Å²) in [7, 11) is 2.84. The highest BCUT2D eigenvalue weighted by molar-refractivity contribution is 5.84. The smallest absolute Gasteiger partial charge is 0.407 e. The van der Waals surface area contributed by atoms with Crippen LogP contribution in [0.15, 0.2) is 24.3 Å². The van der Waals surface area contributed by atoms with Crippen LogP contribution >= 0.6 is 0 Å². The SMILES string of the molecule is COc1cc([C@@H]2c3cc4c(cc3[C@@H](NC(=O)CNC(=O)OC3CC(C)(C)N([O])C(C)(C)C3)[C@H]3COC(=O)[C@H]23)OCO4)cc(OC)c1O. The van der Waals surface area contributed by atoms with Gasteiger partial charge in [-0.05, 0) is 68.7 Å². The molecule has 0 saturated carbocycles. The molecular weight excluding hydrogens is 614 g/mol. The normalized spacial score (nSPS) is 25.6. The number of benzene rings is 2. The highest BCUT2D eigenvalue weighted by atomic mass is 16.7. The first-order chi connectivity index (χ1) is 22.2. The maximum atomic E-state index is 13.4. The van der Waals surface area contributed by atoms with Crippen LogP contribution in [0.5, 0.6) is 28.7 Å². The van der Waals surface area contributed by atoms with E-state index < -0.39 is 58.9 Å². The van der Waals surface area contributed by atoms with Crippen LogP contribution < -0.4 is 29.6 Å². The van der Waals surface area contributed by atoms with Gasteiger partial charge in [-0.2, -0.15) is 0 Å². The highest BCUT2D eigenvalue weighted by Gasteiger charge is 2.53. The van der Waals surface area contributed by atoms with Crippen molar-refractivity contribution in [3.63, 3.8) is 0 Å². The fourth-order valence-corrected chi connectivity index (χ4v) is 7.67. The van der Waals surface area contributed by atoms with E-state index in [1.54, 1.807) is 52.0 Å². The number of methoxy groups -OCH3 is 2. The lowest BCUT2D eigenvalue weighted by atomic mass is 9.65. The zero-order chi connectivity index (χ0) is 33.8. The Balaban J connectivity index is 1.25. The molecule has 2 aromatic rings. The molecule has 14 nitrogen and oxygen atoms in total. The van der Waals surface area contributed by atoms with Crippen molar-refractivity contribution in [2.45, 2.75) is 69.7 Å². The molecule has 253 valence electrons. The highest BCUT2D eigenvalue weighted by Crippen LogP contribution is 2.55. The number of alkyl carbamates (subject to hydrolysis) is 1. The van der Waals surface area contributed by atoms with E-state index in [-0.39, 0.29) is 37.2 Å². The van der Waals surface area contributed by atoms with Crippen molar-refractivity contribution in [1.29, 1.82) is 0 Å². The number of phenolic OH excluding ortho intramolecular Hbond substituents is 1. The van der Waals surface area contributed by atoms with Crippen molar-refractivity contribution in [3.05, 3.63) is 41.0 Å². The summed E-state index contributed by atoms with van der Waals surface area (Å²) in [6.07, 6.45) is -0.563. The number of rotatable bonds is 7. The number of aromatic hydroxyl groups is 1. The molecule has 2 amide bonds. The molecule has 3 aliphatic heterocycles. The zero-order valence-corrected chi connectivity index (χ0v) is 27.2. The lowest BCUT2D eigenvalue weighted by molar-refractivity contribution is -0.298. The van der Waals surface area contributed by atoms with Gasteiger partial charge < -0.3 is 44.2 Å². The van der Waals surface area contributed by atoms with Gasteiger partial charge >= 0.3 is 12.1 Å². The Hall–Kier alpha value is -4.43. The molecule has 2 fully saturated rings. The average Bonchev–Trinajstić information content (AvgIpc) is 3.64. The number of ether oxygens (including phenoxy) is 6. The molecule has 1 radical (unpaired) electrons. The Morgan fingerprint density at radius 1 is 0.957 bits per heavy atom. The zero-order valence-electron chi connectivity index (χ0n) is 27.2. The Labute approximate surface area is 272 Å². The predicted molar refractivity (Wildman–Crippen MR) is 163 cm³/mol. The molecule has 0 spiro atoms. The monoisotopic (exact) mass is 654 g/mol. The standard InChI is InChI=1S/C33H40N3O11/c1-32(2)11-17(12-33(3,4)36(32)41)47-31(40)34-13-25(37)35-28-19-10-22-21(45-15-46-22)9-18(19)26(27-20(28)14-44-30(27)39)16-7-23(42-5)29(38)24(8-16)43-6/h7-10,17,20,26-28,38H,11-15H2,1-6H3,(H,34,40)(H,35,37)/t20-,26+,27-,28+/m0/s1. The number of piperidine rings is 1. The van der Waals surface area contributed by atoms with E-state index in [9.17, 15) is 24.7 Å². The number of esters is 1. The first-order valence-electron chi connectivity index (χ1n) is 15.5. The second-order valence-corrected chi connectivity index (χ2v) is 13.7. The Bertz CT molecular complexity index is 1550. The quantitative estimate of drug-likeness (QED) is 0.374. The van der Waals surface area contributed by atoms with Gasteiger partial charge in [0, 0.05) is 35.8 Å². The summed E-state index contributed by atoms with van der Waals surface area (Å²) in [5.74, 6) is -1.58. The molecule has 0 unspecified atom stereocenters. The fourth-order valence-electron chi connectivity index (χ4n) is 7.67. The summed E-state index contributed by atoms with van der Waals surface area (Å²) < 4.78 is 33.3. The molecule has 4 atom stereocenters. The molecule has 3 N–H and O–H groups in total. The van der Waals surface area contributed by atoms with Gasteiger partial charge in [-0.25, -0.2) is 4.79 Å². The van der Waals surface area contributed by atoms with E-state index in [4.69, 9.17) is 28.4 Å². The largest absolute Gasteiger partial charge is 0.502 e. The number of nitrogens with one attached hydrogen (secondary N) is 2. The van der Waals surface area contributed by atoms with Gasteiger partial charge in [0.25, 0.3) is 0 Å². The van der Waals surface area contributed by atoms with Gasteiger partial charge in [0.05, 0.1) is 32.8 Å². The maximum absolute atomic E-state index is 13.4. The van der Waals surface area contributed by atoms with Crippen LogP contribution in [0, 0.1) is 11.8 Å². The number of fused-ring (bicyclic) bond motifs is 3. The summed E-state index contributed by atoms with van der Waals surface area (Å²) in [4.78, 5) is 39.5. The summed E-state index contributed by atoms with van der Waals surface area (Å²) in [6.45, 7) is 6.91. The third-order valence-electron chi connectivity index (χ3n) is 9.59. The molecule has 0 bridgehead atoms. The minimum atomic E-state index is -0.768. The number of hydroxylamine groups is 2. The second-order valence-electron chi connectivity index (χ2n) is 13.7. The predicted octanol–water partition coefficient (Wildman–Crippen LogP) is 3.32. The minimum absolute atomic E-state index is 0.0178. The summed E-state index contributed by atoms with van der Waals surface area (Å²) in [6, 6.07) is 6.20. The fraction of sp³-hybridized carbons (Fsp3) is 0.545. The van der Waals surface area contributed by atoms with E-state index in [1.165, 1.54) is 14.2 Å². The van der Waals surface area contributed by atoms with Crippen LogP contribution in [0.1, 0.15) is 69.2 Å². The first kappa shape index (κ1) is 32.5. The number of hydrogen-bond acceptors (Lipinski definition) is 11. The number of amides is 2. The van der Waals surface area contributed by atoms with Gasteiger partial charge in [-0.1, -0.05) is 0 Å². The topological polar surface area (TPSA) is 174 Å². The lowest BCUT2D eigenvalue weighted by Gasteiger charge is -2.49. The van der Waals surface area contributed by atoms with Gasteiger partial charge in [0.15, 0.2) is 23.0 Å². The molecule has 2 aromatic carbocycles. The summed E-state index contributed by atoms with van der Waals surface area (Å²) >= 11 is 0. The third-order valence-corrected chi connectivity index (χ3v) is 9.59. The van der Waals surface area contributed by atoms with Crippen molar-refractivity contribution >= 4 is 18.0 Å². The summed E-state index contributed by atoms with van der Waals surface area (Å²) in [5.41, 5.74) is 0.568. The number of carbonyl (C=O) groups is 3. The third kappa shape index (κ3) is 5.84. The van der Waals surface area contributed by atoms with Crippen molar-refractivity contribution in [2.24, 2.45) is 11.8 Å². The van der Waals surface area contributed by atoms with Crippen LogP contribution in [0.3, 0.4) is 0 Å². The van der Waals surface area contributed by atoms with Crippen molar-refractivity contribution < 1.29 is 53.1 Å². The van der Waals surface area contributed by atoms with E-state index in [2.05, 4.69) is 10.6 Å². The molecular formula is C33H40N3O11. The van der Waals surface area contributed by atoms with Gasteiger partial charge in [0.2, 0.25) is 18.4 Å². The number of hydrogen-bond donors (Lipinski definition) is 3. The minimum Gasteiger partial charge on any atom is -0.502 e. The van der Waals surface area contributed by atoms with Gasteiger partial charge in [-0.3, -0.25) is 9.59 Å². The number of nitrogens with zero attached hydrogens (tertiary/aromatic N) is 1. The van der Waals surface area contributed by atoms with Gasteiger partial charge in [0.1, 0.15) is 12.6 Å². The van der Waals surface area contributed by atoms with Gasteiger partial charge in [-0.15, -0.1) is 10.3 Å². The Morgan fingerprint density at radius 3 is 2.15 bits per heavy atom. The van der Waals surface area contributed by atoms with Crippen molar-refractivity contribution in [1.82, 2.24) is 15.7 Å². The van der Waals surface area contributed by atoms with E-state index in [0.717, 1.165) is 5.06 Å². The van der Waals surface area contributed by atoms with Crippen LogP contribution in [-0.2, 0) is 24.3 Å². The van der Waals surface area contributed by atoms with E-state index in [0.29, 0.717) is 41.0 Å². The molecule has 3 heterocycles. The lowest BCUT2D eigenvalue weighted by Crippen LogP contribution is -2.60. The second kappa shape index (κ2) is 12.0. The van der Waals surface area contributed by atoms with E-state index >= 15 is 0 Å². The maximum Gasteiger partial charge on any atom is 0.407 e. The Morgan fingerprint density at radius 2 is 1.55 bits per heavy atom. The molecule has 1 aliphatic carbocycles. The molecule has 6 rings (SSSR count). The molecule has 47 heavy (non-hydrogen) atoms. The van der Waals surface area contributed by atoms with Crippen LogP contribution in [-0.4, -0.2) is 79.5 Å². The molecule has 4 aliphatic rings. The first-order valence-corrected chi connectivity index (χ1v) is 15.5. The van der Waals surface area contributed by atoms with Crippen LogP contribution in [0.4, 0.5) is 4.79 Å². The molecule has 14 heteroatoms. The molecule has 0 aromatic heterocycles. The van der Waals surface area contributed by atoms with Crippen LogP contribution in [0.2, 0.25) is 0 Å². The van der Waals surface area contributed by atoms with Crippen LogP contribution in [0.25, 0.3) is 0 Å². The molecule has 2 saturated heterocycles.